The van der Waals surface area contributed by atoms with Crippen LogP contribution in [0.2, 0.25) is 0 Å². The number of nitrogens with zero attached hydrogens (tertiary/aromatic N) is 5. The number of likely N-dealkylation sites (N-methyl/N-ethyl adjacent to an activating group) is 1. The van der Waals surface area contributed by atoms with Crippen molar-refractivity contribution in [1.29, 1.82) is 0 Å². The zero-order valence-electron chi connectivity index (χ0n) is 24.3. The van der Waals surface area contributed by atoms with E-state index in [0.717, 1.165) is 4.31 Å². The van der Waals surface area contributed by atoms with Crippen molar-refractivity contribution < 1.29 is 36.0 Å². The maximum absolute atomic E-state index is 13.5. The van der Waals surface area contributed by atoms with Crippen molar-refractivity contribution >= 4 is 31.6 Å². The molecular formula is C26H36N6O8S2. The number of ether oxygens (including phenoxy) is 1. The molecule has 1 aliphatic heterocycles. The number of nitrogens with one attached hydrogen (secondary N) is 1. The number of amides is 1. The molecule has 16 heteroatoms. The van der Waals surface area contributed by atoms with Gasteiger partial charge in [0.15, 0.2) is 10.8 Å². The molecule has 0 saturated carbocycles. The monoisotopic (exact) mass is 624 g/mol. The number of aliphatic hydroxyl groups excluding tert-OH is 1. The van der Waals surface area contributed by atoms with Crippen LogP contribution in [-0.4, -0.2) is 90.7 Å². The summed E-state index contributed by atoms with van der Waals surface area (Å²) in [6.07, 6.45) is 1.87. The predicted octanol–water partition coefficient (Wildman–Crippen LogP) is 1.30. The Morgan fingerprint density at radius 2 is 1.95 bits per heavy atom. The summed E-state index contributed by atoms with van der Waals surface area (Å²) < 4.78 is 69.2. The van der Waals surface area contributed by atoms with E-state index in [4.69, 9.17) is 9.26 Å². The molecule has 42 heavy (non-hydrogen) atoms. The standard InChI is InChI=1S/C26H36N6O8S2/c1-16-11-32(17(2)14-33)25(34)10-20-9-21(29-41(35,36)24-13-30(5)15-27-24)7-8-22(20)39-23(16)12-31(6)42(37,38)26-18(3)28-40-19(26)4/h7-9,13,15-17,23,29,33H,10-12,14H2,1-6H3/t16-,17-,23-/m0/s1. The first-order chi connectivity index (χ1) is 19.6. The fraction of sp³-hybridized carbons (Fsp3) is 0.500. The first kappa shape index (κ1) is 31.5. The Kier molecular flexibility index (Phi) is 9.01. The largest absolute Gasteiger partial charge is 0.488 e. The van der Waals surface area contributed by atoms with E-state index in [-0.39, 0.29) is 65.0 Å². The number of imidazole rings is 1. The molecule has 1 aromatic carbocycles. The number of hydrogen-bond acceptors (Lipinski definition) is 10. The van der Waals surface area contributed by atoms with E-state index >= 15 is 0 Å². The lowest BCUT2D eigenvalue weighted by molar-refractivity contribution is -0.134. The van der Waals surface area contributed by atoms with Crippen molar-refractivity contribution in [1.82, 2.24) is 23.9 Å². The van der Waals surface area contributed by atoms with Crippen LogP contribution in [0.15, 0.2) is 45.2 Å². The molecule has 0 radical (unpaired) electrons. The lowest BCUT2D eigenvalue weighted by atomic mass is 10.0. The Bertz CT molecular complexity index is 1650. The van der Waals surface area contributed by atoms with Gasteiger partial charge in [0, 0.05) is 44.0 Å². The lowest BCUT2D eigenvalue weighted by Crippen LogP contribution is -2.48. The van der Waals surface area contributed by atoms with E-state index < -0.39 is 32.2 Å². The van der Waals surface area contributed by atoms with Gasteiger partial charge in [-0.1, -0.05) is 12.1 Å². The van der Waals surface area contributed by atoms with Crippen LogP contribution in [0.25, 0.3) is 0 Å². The number of anilines is 1. The smallest absolute Gasteiger partial charge is 0.280 e. The van der Waals surface area contributed by atoms with Gasteiger partial charge in [0.25, 0.3) is 10.0 Å². The van der Waals surface area contributed by atoms with Gasteiger partial charge in [-0.25, -0.2) is 13.4 Å². The molecule has 0 aliphatic carbocycles. The second-order valence-corrected chi connectivity index (χ2v) is 14.2. The molecule has 3 aromatic rings. The molecular weight excluding hydrogens is 588 g/mol. The summed E-state index contributed by atoms with van der Waals surface area (Å²) in [6.45, 7) is 6.47. The van der Waals surface area contributed by atoms with Crippen LogP contribution >= 0.6 is 0 Å². The van der Waals surface area contributed by atoms with Crippen molar-refractivity contribution in [2.45, 2.75) is 56.2 Å². The number of aryl methyl sites for hydroxylation is 3. The minimum atomic E-state index is -4.00. The Morgan fingerprint density at radius 1 is 1.24 bits per heavy atom. The number of rotatable bonds is 9. The number of hydrogen-bond donors (Lipinski definition) is 2. The summed E-state index contributed by atoms with van der Waals surface area (Å²) in [5, 5.41) is 13.5. The average Bonchev–Trinajstić information content (AvgIpc) is 3.52. The topological polar surface area (TPSA) is 177 Å². The third-order valence-electron chi connectivity index (χ3n) is 7.20. The molecule has 2 N–H and O–H groups in total. The van der Waals surface area contributed by atoms with Gasteiger partial charge in [0.2, 0.25) is 15.9 Å². The minimum Gasteiger partial charge on any atom is -0.488 e. The number of aromatic nitrogens is 3. The van der Waals surface area contributed by atoms with E-state index in [9.17, 15) is 26.7 Å². The van der Waals surface area contributed by atoms with Crippen LogP contribution in [0.5, 0.6) is 5.75 Å². The van der Waals surface area contributed by atoms with Crippen molar-refractivity contribution in [2.24, 2.45) is 13.0 Å². The van der Waals surface area contributed by atoms with Crippen LogP contribution < -0.4 is 9.46 Å². The third kappa shape index (κ3) is 6.45. The molecule has 1 aliphatic rings. The van der Waals surface area contributed by atoms with E-state index in [1.54, 1.807) is 27.0 Å². The number of sulfonamides is 2. The molecule has 14 nitrogen and oxygen atoms in total. The van der Waals surface area contributed by atoms with E-state index in [1.165, 1.54) is 48.1 Å². The number of fused-ring (bicyclic) bond motifs is 1. The first-order valence-corrected chi connectivity index (χ1v) is 16.2. The molecule has 0 fully saturated rings. The molecule has 0 saturated heterocycles. The van der Waals surface area contributed by atoms with Crippen molar-refractivity contribution in [3.63, 3.8) is 0 Å². The van der Waals surface area contributed by atoms with Gasteiger partial charge in [-0.05, 0) is 39.0 Å². The van der Waals surface area contributed by atoms with Gasteiger partial charge in [0.05, 0.1) is 31.9 Å². The van der Waals surface area contributed by atoms with Crippen LogP contribution in [-0.2, 0) is 38.3 Å². The fourth-order valence-electron chi connectivity index (χ4n) is 4.80. The average molecular weight is 625 g/mol. The lowest BCUT2D eigenvalue weighted by Gasteiger charge is -2.33. The van der Waals surface area contributed by atoms with Crippen LogP contribution in [0.1, 0.15) is 30.9 Å². The molecule has 4 rings (SSSR count). The Labute approximate surface area is 245 Å². The highest BCUT2D eigenvalue weighted by atomic mass is 32.2. The molecule has 0 spiro atoms. The van der Waals surface area contributed by atoms with E-state index in [2.05, 4.69) is 14.9 Å². The van der Waals surface area contributed by atoms with Gasteiger partial charge in [0.1, 0.15) is 22.4 Å². The minimum absolute atomic E-state index is 0.0170. The highest BCUT2D eigenvalue weighted by molar-refractivity contribution is 7.92. The summed E-state index contributed by atoms with van der Waals surface area (Å²) in [4.78, 5) is 18.9. The van der Waals surface area contributed by atoms with Gasteiger partial charge >= 0.3 is 0 Å². The maximum Gasteiger partial charge on any atom is 0.280 e. The van der Waals surface area contributed by atoms with Crippen LogP contribution in [0.3, 0.4) is 0 Å². The molecule has 2 aromatic heterocycles. The predicted molar refractivity (Wildman–Crippen MR) is 152 cm³/mol. The molecule has 0 bridgehead atoms. The zero-order chi connectivity index (χ0) is 31.0. The van der Waals surface area contributed by atoms with Crippen molar-refractivity contribution in [2.75, 3.05) is 31.5 Å². The normalized spacial score (nSPS) is 19.0. The number of carbonyl (C=O) groups is 1. The second-order valence-electron chi connectivity index (χ2n) is 10.6. The van der Waals surface area contributed by atoms with Crippen molar-refractivity contribution in [3.05, 3.63) is 47.7 Å². The SMILES string of the molecule is Cc1noc(C)c1S(=O)(=O)N(C)C[C@@H]1Oc2ccc(NS(=O)(=O)c3cn(C)cn3)cc2CC(=O)N([C@@H](C)CO)C[C@@H]1C. The third-order valence-corrected chi connectivity index (χ3v) is 10.5. The van der Waals surface area contributed by atoms with Crippen LogP contribution in [0, 0.1) is 19.8 Å². The Morgan fingerprint density at radius 3 is 2.55 bits per heavy atom. The summed E-state index contributed by atoms with van der Waals surface area (Å²) in [5.74, 6) is -0.182. The van der Waals surface area contributed by atoms with Gasteiger partial charge < -0.3 is 23.8 Å². The number of aliphatic hydroxyl groups is 1. The first-order valence-electron chi connectivity index (χ1n) is 13.2. The molecule has 1 amide bonds. The molecule has 0 unspecified atom stereocenters. The zero-order valence-corrected chi connectivity index (χ0v) is 25.9. The summed E-state index contributed by atoms with van der Waals surface area (Å²) in [7, 11) is -4.91. The van der Waals surface area contributed by atoms with Gasteiger partial charge in [-0.3, -0.25) is 9.52 Å². The molecule has 3 heterocycles. The highest BCUT2D eigenvalue weighted by Gasteiger charge is 2.35. The Hall–Kier alpha value is -3.47. The van der Waals surface area contributed by atoms with E-state index in [0.29, 0.717) is 11.3 Å². The van der Waals surface area contributed by atoms with Gasteiger partial charge in [-0.2, -0.15) is 12.7 Å². The summed E-state index contributed by atoms with van der Waals surface area (Å²) in [6, 6.07) is 4.04. The van der Waals surface area contributed by atoms with Crippen LogP contribution in [0.4, 0.5) is 5.69 Å². The highest BCUT2D eigenvalue weighted by Crippen LogP contribution is 2.31. The van der Waals surface area contributed by atoms with Crippen molar-refractivity contribution in [3.8, 4) is 5.75 Å². The van der Waals surface area contributed by atoms with Gasteiger partial charge in [-0.15, -0.1) is 0 Å². The second kappa shape index (κ2) is 12.0. The summed E-state index contributed by atoms with van der Waals surface area (Å²) in [5.41, 5.74) is 0.827. The molecule has 230 valence electrons. The maximum atomic E-state index is 13.5. The fourth-order valence-corrected chi connectivity index (χ4v) is 7.29. The Balaban J connectivity index is 1.70. The van der Waals surface area contributed by atoms with E-state index in [1.807, 2.05) is 6.92 Å². The molecule has 3 atom stereocenters. The number of benzene rings is 1. The number of carbonyl (C=O) groups excluding carboxylic acids is 1. The quantitative estimate of drug-likeness (QED) is 0.353. The summed E-state index contributed by atoms with van der Waals surface area (Å²) >= 11 is 0.